The lowest BCUT2D eigenvalue weighted by molar-refractivity contribution is -0.0114. The molecule has 1 aromatic rings. The van der Waals surface area contributed by atoms with Gasteiger partial charge in [-0.1, -0.05) is 38.1 Å². The summed E-state index contributed by atoms with van der Waals surface area (Å²) in [6, 6.07) is 9.69. The smallest absolute Gasteiger partial charge is 0.0926 e. The van der Waals surface area contributed by atoms with E-state index < -0.39 is 5.60 Å². The molecule has 2 heterocycles. The molecule has 0 amide bonds. The van der Waals surface area contributed by atoms with Crippen LogP contribution in [-0.2, 0) is 12.0 Å². The predicted octanol–water partition coefficient (Wildman–Crippen LogP) is 2.99. The molecule has 0 spiro atoms. The van der Waals surface area contributed by atoms with Crippen LogP contribution in [-0.4, -0.2) is 17.2 Å². The van der Waals surface area contributed by atoms with Crippen molar-refractivity contribution in [2.75, 3.05) is 0 Å². The van der Waals surface area contributed by atoms with Crippen molar-refractivity contribution in [3.05, 3.63) is 35.4 Å². The minimum absolute atomic E-state index is 0.513. The number of hydrogen-bond acceptors (Lipinski definition) is 2. The maximum atomic E-state index is 11.0. The average Bonchev–Trinajstić information content (AvgIpc) is 2.69. The number of hydrogen-bond donors (Lipinski definition) is 2. The van der Waals surface area contributed by atoms with E-state index in [1.54, 1.807) is 0 Å². The summed E-state index contributed by atoms with van der Waals surface area (Å²) in [7, 11) is 0. The highest BCUT2D eigenvalue weighted by molar-refractivity contribution is 5.29. The van der Waals surface area contributed by atoms with Crippen LogP contribution in [0.3, 0.4) is 0 Å². The summed E-state index contributed by atoms with van der Waals surface area (Å²) < 4.78 is 0. The van der Waals surface area contributed by atoms with Crippen LogP contribution in [0.2, 0.25) is 0 Å². The molecule has 0 saturated carbocycles. The van der Waals surface area contributed by atoms with Crippen LogP contribution in [0.25, 0.3) is 0 Å². The Morgan fingerprint density at radius 2 is 1.74 bits per heavy atom. The average molecular weight is 259 g/mol. The first-order valence-electron chi connectivity index (χ1n) is 7.63. The molecule has 19 heavy (non-hydrogen) atoms. The van der Waals surface area contributed by atoms with Crippen molar-refractivity contribution in [3.8, 4) is 0 Å². The summed E-state index contributed by atoms with van der Waals surface area (Å²) in [4.78, 5) is 0. The van der Waals surface area contributed by atoms with Gasteiger partial charge in [0.1, 0.15) is 0 Å². The molecule has 2 N–H and O–H groups in total. The van der Waals surface area contributed by atoms with Gasteiger partial charge in [-0.15, -0.1) is 0 Å². The molecule has 2 saturated heterocycles. The van der Waals surface area contributed by atoms with Crippen molar-refractivity contribution >= 4 is 0 Å². The molecule has 2 heteroatoms. The van der Waals surface area contributed by atoms with Gasteiger partial charge in [-0.2, -0.15) is 0 Å². The topological polar surface area (TPSA) is 32.3 Å². The third-order valence-electron chi connectivity index (χ3n) is 4.64. The second-order valence-corrected chi connectivity index (χ2v) is 6.87. The zero-order valence-corrected chi connectivity index (χ0v) is 12.0. The Balaban J connectivity index is 1.78. The molecule has 104 valence electrons. The second kappa shape index (κ2) is 4.92. The van der Waals surface area contributed by atoms with Crippen molar-refractivity contribution < 1.29 is 5.11 Å². The van der Waals surface area contributed by atoms with Gasteiger partial charge in [0, 0.05) is 12.1 Å². The molecule has 1 aromatic carbocycles. The highest BCUT2D eigenvalue weighted by Crippen LogP contribution is 2.40. The number of nitrogens with one attached hydrogen (secondary N) is 1. The Labute approximate surface area is 116 Å². The van der Waals surface area contributed by atoms with Crippen LogP contribution in [0.5, 0.6) is 0 Å². The van der Waals surface area contributed by atoms with Gasteiger partial charge < -0.3 is 10.4 Å². The fraction of sp³-hybridized carbons (Fsp3) is 0.647. The Hall–Kier alpha value is -0.860. The molecule has 0 radical (unpaired) electrons. The third-order valence-corrected chi connectivity index (χ3v) is 4.64. The van der Waals surface area contributed by atoms with Gasteiger partial charge in [0.25, 0.3) is 0 Å². The van der Waals surface area contributed by atoms with Crippen LogP contribution in [0.1, 0.15) is 50.7 Å². The van der Waals surface area contributed by atoms with E-state index in [2.05, 4.69) is 43.4 Å². The largest absolute Gasteiger partial charge is 0.385 e. The zero-order valence-electron chi connectivity index (χ0n) is 12.0. The molecule has 2 fully saturated rings. The van der Waals surface area contributed by atoms with E-state index in [0.29, 0.717) is 18.0 Å². The molecule has 2 atom stereocenters. The first-order valence-corrected chi connectivity index (χ1v) is 7.63. The van der Waals surface area contributed by atoms with E-state index in [-0.39, 0.29) is 0 Å². The standard InChI is InChI=1S/C17H25NO/c1-12(2)9-13-3-5-14(6-4-13)17(19)10-15-7-8-16(11-17)18-15/h3-6,12,15-16,18-19H,7-11H2,1-2H3. The minimum atomic E-state index is -0.604. The Morgan fingerprint density at radius 1 is 1.16 bits per heavy atom. The van der Waals surface area contributed by atoms with Crippen molar-refractivity contribution in [1.29, 1.82) is 0 Å². The fourth-order valence-electron chi connectivity index (χ4n) is 3.78. The lowest BCUT2D eigenvalue weighted by Gasteiger charge is -2.37. The summed E-state index contributed by atoms with van der Waals surface area (Å²) in [6.45, 7) is 4.48. The quantitative estimate of drug-likeness (QED) is 0.874. The van der Waals surface area contributed by atoms with Gasteiger partial charge >= 0.3 is 0 Å². The van der Waals surface area contributed by atoms with E-state index >= 15 is 0 Å². The maximum Gasteiger partial charge on any atom is 0.0926 e. The number of fused-ring (bicyclic) bond motifs is 2. The van der Waals surface area contributed by atoms with Gasteiger partial charge in [-0.05, 0) is 49.1 Å². The van der Waals surface area contributed by atoms with Gasteiger partial charge in [0.05, 0.1) is 5.60 Å². The number of aliphatic hydroxyl groups is 1. The molecular weight excluding hydrogens is 234 g/mol. The number of piperidine rings is 1. The van der Waals surface area contributed by atoms with E-state index in [4.69, 9.17) is 0 Å². The van der Waals surface area contributed by atoms with Gasteiger partial charge in [-0.3, -0.25) is 0 Å². The Morgan fingerprint density at radius 3 is 2.26 bits per heavy atom. The molecule has 2 bridgehead atoms. The number of benzene rings is 1. The first kappa shape index (κ1) is 13.1. The Bertz CT molecular complexity index is 425. The maximum absolute atomic E-state index is 11.0. The molecule has 3 rings (SSSR count). The Kier molecular flexibility index (Phi) is 3.40. The van der Waals surface area contributed by atoms with E-state index in [1.807, 2.05) is 0 Å². The normalized spacial score (nSPS) is 33.9. The highest BCUT2D eigenvalue weighted by Gasteiger charge is 2.43. The van der Waals surface area contributed by atoms with Gasteiger partial charge in [0.2, 0.25) is 0 Å². The first-order chi connectivity index (χ1) is 9.05. The highest BCUT2D eigenvalue weighted by atomic mass is 16.3. The van der Waals surface area contributed by atoms with E-state index in [9.17, 15) is 5.11 Å². The van der Waals surface area contributed by atoms with Gasteiger partial charge in [-0.25, -0.2) is 0 Å². The van der Waals surface area contributed by atoms with Crippen LogP contribution in [0, 0.1) is 5.92 Å². The van der Waals surface area contributed by atoms with E-state index in [1.165, 1.54) is 18.4 Å². The van der Waals surface area contributed by atoms with Gasteiger partial charge in [0.15, 0.2) is 0 Å². The lowest BCUT2D eigenvalue weighted by Crippen LogP contribution is -2.46. The number of rotatable bonds is 3. The second-order valence-electron chi connectivity index (χ2n) is 6.87. The van der Waals surface area contributed by atoms with Crippen LogP contribution >= 0.6 is 0 Å². The molecule has 2 unspecified atom stereocenters. The SMILES string of the molecule is CC(C)Cc1ccc(C2(O)CC3CCC(C2)N3)cc1. The monoisotopic (exact) mass is 259 g/mol. The summed E-state index contributed by atoms with van der Waals surface area (Å²) in [6.07, 6.45) is 5.29. The predicted molar refractivity (Wildman–Crippen MR) is 78.1 cm³/mol. The molecule has 2 nitrogen and oxygen atoms in total. The van der Waals surface area contributed by atoms with Crippen molar-refractivity contribution in [2.24, 2.45) is 5.92 Å². The third kappa shape index (κ3) is 2.70. The summed E-state index contributed by atoms with van der Waals surface area (Å²) in [5.41, 5.74) is 1.88. The molecule has 0 aliphatic carbocycles. The molecule has 2 aliphatic rings. The lowest BCUT2D eigenvalue weighted by atomic mass is 9.81. The molecule has 0 aromatic heterocycles. The van der Waals surface area contributed by atoms with Crippen LogP contribution in [0.4, 0.5) is 0 Å². The summed E-state index contributed by atoms with van der Waals surface area (Å²) >= 11 is 0. The van der Waals surface area contributed by atoms with Crippen molar-refractivity contribution in [3.63, 3.8) is 0 Å². The van der Waals surface area contributed by atoms with Crippen molar-refractivity contribution in [2.45, 2.75) is 63.6 Å². The molecule has 2 aliphatic heterocycles. The fourth-order valence-corrected chi connectivity index (χ4v) is 3.78. The summed E-state index contributed by atoms with van der Waals surface area (Å²) in [5.74, 6) is 0.684. The van der Waals surface area contributed by atoms with E-state index in [0.717, 1.165) is 24.8 Å². The summed E-state index contributed by atoms with van der Waals surface area (Å²) in [5, 5.41) is 14.5. The van der Waals surface area contributed by atoms with Crippen molar-refractivity contribution in [1.82, 2.24) is 5.32 Å². The minimum Gasteiger partial charge on any atom is -0.385 e. The van der Waals surface area contributed by atoms with Crippen LogP contribution < -0.4 is 5.32 Å². The molecular formula is C17H25NO. The van der Waals surface area contributed by atoms with Crippen LogP contribution in [0.15, 0.2) is 24.3 Å². The zero-order chi connectivity index (χ0) is 13.5.